The van der Waals surface area contributed by atoms with E-state index >= 15 is 0 Å². The van der Waals surface area contributed by atoms with Crippen molar-refractivity contribution in [2.75, 3.05) is 25.4 Å². The largest absolute Gasteiger partial charge is 0.508 e. The van der Waals surface area contributed by atoms with E-state index in [-0.39, 0.29) is 70.4 Å². The number of anilines is 1. The fourth-order valence-corrected chi connectivity index (χ4v) is 11.4. The summed E-state index contributed by atoms with van der Waals surface area (Å²) in [5, 5.41) is 19.9. The number of hydrogen-bond donors (Lipinski definition) is 7. The van der Waals surface area contributed by atoms with E-state index in [4.69, 9.17) is 11.5 Å². The van der Waals surface area contributed by atoms with Gasteiger partial charge >= 0.3 is 0 Å². The first kappa shape index (κ1) is 86.2. The van der Waals surface area contributed by atoms with Gasteiger partial charge in [0.25, 0.3) is 0 Å². The predicted molar refractivity (Wildman–Crippen MR) is 432 cm³/mol. The minimum absolute atomic E-state index is 0.0231. The van der Waals surface area contributed by atoms with E-state index in [1.165, 1.54) is 80.1 Å². The van der Waals surface area contributed by atoms with E-state index in [0.717, 1.165) is 90.5 Å². The molecule has 4 aliphatic rings. The lowest BCUT2D eigenvalue weighted by atomic mass is 9.94. The summed E-state index contributed by atoms with van der Waals surface area (Å²) in [6.07, 6.45) is 16.4. The predicted octanol–water partition coefficient (Wildman–Crippen LogP) is 15.4. The van der Waals surface area contributed by atoms with Gasteiger partial charge in [-0.05, 0) is 199 Å². The Labute approximate surface area is 627 Å². The number of Topliss-reactive ketones (excluding diaryl/α,β-unsaturated/α-hetero) is 7. The molecular formula is C90H109N7O9. The van der Waals surface area contributed by atoms with Crippen LogP contribution in [0.3, 0.4) is 0 Å². The number of phenols is 1. The first-order valence-electron chi connectivity index (χ1n) is 36.5. The number of aromatic nitrogens is 1. The molecule has 0 radical (unpaired) electrons. The second-order valence-electron chi connectivity index (χ2n) is 26.5. The highest BCUT2D eigenvalue weighted by molar-refractivity contribution is 5.98. The number of likely N-dealkylation sites (tertiary alicyclic amines) is 1. The first-order chi connectivity index (χ1) is 50.9. The summed E-state index contributed by atoms with van der Waals surface area (Å²) in [5.74, 6) is 1.49. The molecule has 1 aromatic heterocycles. The lowest BCUT2D eigenvalue weighted by Gasteiger charge is -2.25. The fraction of sp³-hybridized carbons (Fsp3) is 0.311. The average molecular weight is 1430 g/mol. The number of ketones is 8. The highest BCUT2D eigenvalue weighted by Gasteiger charge is 2.23. The van der Waals surface area contributed by atoms with Gasteiger partial charge in [-0.25, -0.2) is 0 Å². The molecule has 9 N–H and O–H groups in total. The number of benzene rings is 8. The monoisotopic (exact) mass is 1430 g/mol. The van der Waals surface area contributed by atoms with E-state index in [2.05, 4.69) is 93.4 Å². The van der Waals surface area contributed by atoms with E-state index in [9.17, 15) is 43.5 Å². The lowest BCUT2D eigenvalue weighted by molar-refractivity contribution is -0.119. The SMILES string of the molecule is CC(=O)/C=C/c1ccccc1N.CC(=O)CCN1CCCCC1.CC(=O)[C@@H](N)Cc1ccccc1.CC(=O)[C@@H]1Cc2ccccc2CN1.CC(=O)[C@H]1Cc2ccc(O)cc2CN1.CC(=O)[C@H]1Cc2ccccc2CN1.CC(=O)c1cc2ccccc2[nH]1.CC(=O)c1ccccc1.CC/C=C/c1ccccc1. The van der Waals surface area contributed by atoms with Crippen LogP contribution in [-0.2, 0) is 74.1 Å². The summed E-state index contributed by atoms with van der Waals surface area (Å²) >= 11 is 0. The summed E-state index contributed by atoms with van der Waals surface area (Å²) in [6, 6.07) is 68.0. The van der Waals surface area contributed by atoms with Crippen LogP contribution >= 0.6 is 0 Å². The molecule has 4 atom stereocenters. The van der Waals surface area contributed by atoms with Gasteiger partial charge in [-0.15, -0.1) is 0 Å². The highest BCUT2D eigenvalue weighted by atomic mass is 16.3. The molecule has 13 rings (SSSR count). The number of fused-ring (bicyclic) bond motifs is 4. The van der Waals surface area contributed by atoms with Crippen LogP contribution in [-0.4, -0.2) is 105 Å². The van der Waals surface area contributed by atoms with Crippen LogP contribution in [0.5, 0.6) is 5.75 Å². The van der Waals surface area contributed by atoms with Crippen LogP contribution in [0.1, 0.15) is 165 Å². The Hall–Kier alpha value is -10.5. The maximum Gasteiger partial charge on any atom is 0.175 e. The quantitative estimate of drug-likeness (QED) is 0.0286. The second kappa shape index (κ2) is 47.8. The molecule has 1 saturated heterocycles. The third kappa shape index (κ3) is 33.1. The Morgan fingerprint density at radius 2 is 0.981 bits per heavy atom. The number of nitrogens with one attached hydrogen (secondary N) is 4. The van der Waals surface area contributed by atoms with E-state index in [1.54, 1.807) is 65.8 Å². The Morgan fingerprint density at radius 3 is 1.45 bits per heavy atom. The number of allylic oxidation sites excluding steroid dienone is 2. The van der Waals surface area contributed by atoms with Gasteiger partial charge in [-0.3, -0.25) is 38.4 Å². The zero-order valence-corrected chi connectivity index (χ0v) is 63.2. The maximum atomic E-state index is 11.2. The summed E-state index contributed by atoms with van der Waals surface area (Å²) < 4.78 is 0. The van der Waals surface area contributed by atoms with Crippen molar-refractivity contribution >= 4 is 75.0 Å². The number of nitrogen functional groups attached to an aromatic ring is 1. The molecule has 5 heterocycles. The number of para-hydroxylation sites is 2. The Balaban J connectivity index is 0.000000215. The number of nitrogens with two attached hydrogens (primary N) is 2. The molecule has 0 bridgehead atoms. The number of carbonyl (C=O) groups is 8. The van der Waals surface area contributed by atoms with Crippen LogP contribution < -0.4 is 27.4 Å². The van der Waals surface area contributed by atoms with Crippen molar-refractivity contribution < 1.29 is 43.5 Å². The van der Waals surface area contributed by atoms with Gasteiger partial charge in [0.1, 0.15) is 34.7 Å². The van der Waals surface area contributed by atoms with Crippen molar-refractivity contribution in [1.82, 2.24) is 25.8 Å². The Bertz CT molecular complexity index is 4170. The molecule has 0 amide bonds. The van der Waals surface area contributed by atoms with Crippen molar-refractivity contribution in [3.63, 3.8) is 0 Å². The van der Waals surface area contributed by atoms with E-state index in [1.807, 2.05) is 146 Å². The van der Waals surface area contributed by atoms with Crippen molar-refractivity contribution in [2.24, 2.45) is 5.73 Å². The third-order valence-electron chi connectivity index (χ3n) is 17.8. The molecule has 9 aromatic rings. The summed E-state index contributed by atoms with van der Waals surface area (Å²) in [4.78, 5) is 92.6. The maximum absolute atomic E-state index is 11.2. The van der Waals surface area contributed by atoms with Crippen LogP contribution in [0.2, 0.25) is 0 Å². The number of H-pyrrole nitrogens is 1. The summed E-state index contributed by atoms with van der Waals surface area (Å²) in [7, 11) is 0. The van der Waals surface area contributed by atoms with Crippen LogP contribution in [0.4, 0.5) is 5.69 Å². The summed E-state index contributed by atoms with van der Waals surface area (Å²) in [6.45, 7) is 20.5. The summed E-state index contributed by atoms with van der Waals surface area (Å²) in [5.41, 5.74) is 25.2. The van der Waals surface area contributed by atoms with Gasteiger partial charge in [0.15, 0.2) is 17.3 Å². The van der Waals surface area contributed by atoms with Gasteiger partial charge in [0.05, 0.1) is 29.9 Å². The zero-order valence-electron chi connectivity index (χ0n) is 63.2. The highest BCUT2D eigenvalue weighted by Crippen LogP contribution is 2.23. The molecule has 16 nitrogen and oxygen atoms in total. The Morgan fingerprint density at radius 1 is 0.509 bits per heavy atom. The molecule has 0 saturated carbocycles. The number of rotatable bonds is 15. The van der Waals surface area contributed by atoms with Gasteiger partial charge in [0.2, 0.25) is 0 Å². The molecule has 558 valence electrons. The third-order valence-corrected chi connectivity index (χ3v) is 17.8. The molecule has 106 heavy (non-hydrogen) atoms. The van der Waals surface area contributed by atoms with Crippen molar-refractivity contribution in [2.45, 2.75) is 164 Å². The van der Waals surface area contributed by atoms with Gasteiger partial charge in [-0.2, -0.15) is 0 Å². The number of piperidine rings is 1. The Kier molecular flexibility index (Phi) is 38.9. The number of aromatic hydroxyl groups is 1. The number of hydrogen-bond acceptors (Lipinski definition) is 15. The molecule has 1 fully saturated rings. The van der Waals surface area contributed by atoms with Crippen molar-refractivity contribution in [1.29, 1.82) is 0 Å². The molecule has 0 unspecified atom stereocenters. The van der Waals surface area contributed by atoms with Crippen LogP contribution in [0.25, 0.3) is 23.1 Å². The van der Waals surface area contributed by atoms with Crippen molar-refractivity contribution in [3.8, 4) is 5.75 Å². The zero-order chi connectivity index (χ0) is 77.2. The minimum atomic E-state index is -0.354. The number of nitrogens with zero attached hydrogens (tertiary/aromatic N) is 1. The minimum Gasteiger partial charge on any atom is -0.508 e. The molecule has 0 aliphatic carbocycles. The topological polar surface area (TPSA) is 264 Å². The molecule has 16 heteroatoms. The van der Waals surface area contributed by atoms with Gasteiger partial charge in [0, 0.05) is 61.7 Å². The second-order valence-corrected chi connectivity index (χ2v) is 26.5. The molecule has 4 aliphatic heterocycles. The normalized spacial score (nSPS) is 15.4. The standard InChI is InChI=1S/C11H13NO2.2C11H13NO.C10H9NO.C10H11NO.C10H13NO.C10H12.C9H17NO.C8H8O/c1-7(13)11-5-8-2-3-10(14)4-9(8)6-12-11;2*1-8(13)11-6-9-4-2-3-5-10(9)7-12-11;1-7(12)10-6-8-4-2-3-5-9(8)11-10;1-8(12)6-7-9-4-2-3-5-10(9)11;1-8(12)10(11)7-9-5-3-2-4-6-9;1-2-3-7-10-8-5-4-6-9-10;1-9(11)5-8-10-6-3-2-4-7-10;1-7(9)8-5-3-2-4-6-8/h2-4,11-12,14H,5-6H2,1H3;2*2-5,11-12H,6-7H2,1H3;2-6,11H,1H3;2-7H,11H2,1H3;2-6,10H,7,11H2,1H3;3-9H,2H2,1H3;2-8H2,1H3;2-6H,1H3/b;;;;7-6+;;7-3+;;/t3*11-;;;10-;;;/m110..0.../s1. The van der Waals surface area contributed by atoms with E-state index < -0.39 is 0 Å². The molecular weight excluding hydrogens is 1320 g/mol. The van der Waals surface area contributed by atoms with Crippen LogP contribution in [0.15, 0.2) is 224 Å². The van der Waals surface area contributed by atoms with Gasteiger partial charge < -0.3 is 42.4 Å². The van der Waals surface area contributed by atoms with Crippen molar-refractivity contribution in [3.05, 3.63) is 286 Å². The molecule has 0 spiro atoms. The number of carbonyl (C=O) groups excluding carboxylic acids is 8. The lowest BCUT2D eigenvalue weighted by Crippen LogP contribution is -2.40. The van der Waals surface area contributed by atoms with Crippen LogP contribution in [0, 0.1) is 0 Å². The first-order valence-corrected chi connectivity index (χ1v) is 36.5. The number of aromatic amines is 1. The average Bonchev–Trinajstić information content (AvgIpc) is 1.33. The number of phenolic OH excluding ortho intramolecular Hbond substituents is 1. The smallest absolute Gasteiger partial charge is 0.175 e. The fourth-order valence-electron chi connectivity index (χ4n) is 11.4. The van der Waals surface area contributed by atoms with E-state index in [0.29, 0.717) is 30.1 Å². The molecule has 8 aromatic carbocycles. The van der Waals surface area contributed by atoms with Gasteiger partial charge in [-0.1, -0.05) is 207 Å².